The van der Waals surface area contributed by atoms with Crippen molar-refractivity contribution in [2.24, 2.45) is 0 Å². The predicted molar refractivity (Wildman–Crippen MR) is 43.2 cm³/mol. The van der Waals surface area contributed by atoms with Crippen LogP contribution in [0.3, 0.4) is 0 Å². The fraction of sp³-hybridized carbons (Fsp3) is 0.800. The third-order valence-corrected chi connectivity index (χ3v) is 7.86. The summed E-state index contributed by atoms with van der Waals surface area (Å²) in [6.07, 6.45) is 0. The zero-order valence-electron chi connectivity index (χ0n) is 5.14. The Morgan fingerprint density at radius 1 is 1.25 bits per heavy atom. The first kappa shape index (κ1) is 9.43. The second kappa shape index (κ2) is 6.55. The van der Waals surface area contributed by atoms with E-state index in [1.807, 2.05) is 0 Å². The second-order valence-corrected chi connectivity index (χ2v) is 11.2. The monoisotopic (exact) mass is 310 g/mol. The number of hydrogen-bond donors (Lipinski definition) is 0. The summed E-state index contributed by atoms with van der Waals surface area (Å²) in [5.41, 5.74) is 0. The Morgan fingerprint density at radius 3 is 1.88 bits per heavy atom. The molecule has 0 saturated carbocycles. The van der Waals surface area contributed by atoms with Crippen LogP contribution in [0.1, 0.15) is 13.8 Å². The second-order valence-electron chi connectivity index (χ2n) is 1.12. The van der Waals surface area contributed by atoms with Gasteiger partial charge in [-0.15, -0.1) is 0 Å². The van der Waals surface area contributed by atoms with Crippen LogP contribution in [-0.2, 0) is 0 Å². The van der Waals surface area contributed by atoms with Gasteiger partial charge in [-0.05, 0) is 0 Å². The van der Waals surface area contributed by atoms with Gasteiger partial charge in [0.05, 0.1) is 0 Å². The van der Waals surface area contributed by atoms with Gasteiger partial charge in [-0.3, -0.25) is 0 Å². The van der Waals surface area contributed by atoms with Gasteiger partial charge in [0, 0.05) is 0 Å². The molecule has 0 fully saturated rings. The van der Waals surface area contributed by atoms with Gasteiger partial charge in [0.2, 0.25) is 0 Å². The SMILES string of the molecule is CC[Se]C(=[Se])[Se]CC. The molecule has 0 radical (unpaired) electrons. The molecule has 0 aromatic rings. The van der Waals surface area contributed by atoms with Crippen molar-refractivity contribution < 1.29 is 0 Å². The molecule has 0 aliphatic carbocycles. The first-order valence-corrected chi connectivity index (χ1v) is 7.60. The Morgan fingerprint density at radius 2 is 1.62 bits per heavy atom. The molecule has 48 valence electrons. The van der Waals surface area contributed by atoms with Gasteiger partial charge in [0.15, 0.2) is 0 Å². The molecule has 0 amide bonds. The van der Waals surface area contributed by atoms with E-state index in [4.69, 9.17) is 0 Å². The Balaban J connectivity index is 3.06. The van der Waals surface area contributed by atoms with Gasteiger partial charge in [-0.1, -0.05) is 0 Å². The van der Waals surface area contributed by atoms with Gasteiger partial charge in [-0.2, -0.15) is 0 Å². The van der Waals surface area contributed by atoms with Crippen molar-refractivity contribution in [1.82, 2.24) is 0 Å². The van der Waals surface area contributed by atoms with Gasteiger partial charge >= 0.3 is 72.2 Å². The van der Waals surface area contributed by atoms with Crippen LogP contribution in [0.25, 0.3) is 0 Å². The van der Waals surface area contributed by atoms with Gasteiger partial charge in [0.25, 0.3) is 0 Å². The van der Waals surface area contributed by atoms with E-state index < -0.39 is 0 Å². The molecule has 0 aromatic heterocycles. The summed E-state index contributed by atoms with van der Waals surface area (Å²) in [6.45, 7) is 4.51. The third-order valence-electron chi connectivity index (χ3n) is 0.524. The minimum absolute atomic E-state index is 0.815. The molecule has 8 heavy (non-hydrogen) atoms. The van der Waals surface area contributed by atoms with E-state index in [9.17, 15) is 0 Å². The Bertz CT molecular complexity index is 62.1. The topological polar surface area (TPSA) is 0 Å². The average Bonchev–Trinajstić information content (AvgIpc) is 1.68. The summed E-state index contributed by atoms with van der Waals surface area (Å²) < 4.78 is 1.66. The molecule has 0 aliphatic rings. The standard InChI is InChI=1S/C5H10Se3/c1-3-7-5(6)8-4-2/h3-4H2,1-2H3. The van der Waals surface area contributed by atoms with Crippen molar-refractivity contribution >= 4 is 47.7 Å². The summed E-state index contributed by atoms with van der Waals surface area (Å²) in [6, 6.07) is 0. The molecule has 0 aromatic carbocycles. The van der Waals surface area contributed by atoms with E-state index in [1.54, 1.807) is 2.21 Å². The van der Waals surface area contributed by atoms with Crippen molar-refractivity contribution in [3.05, 3.63) is 0 Å². The molecule has 0 nitrogen and oxygen atoms in total. The molecule has 0 aliphatic heterocycles. The molecule has 0 N–H and O–H groups in total. The molecular formula is C5H10Se3. The van der Waals surface area contributed by atoms with Crippen molar-refractivity contribution in [2.75, 3.05) is 0 Å². The zero-order valence-corrected chi connectivity index (χ0v) is 10.3. The molecule has 0 heterocycles. The quantitative estimate of drug-likeness (QED) is 0.665. The molecule has 0 rings (SSSR count). The fourth-order valence-corrected chi connectivity index (χ4v) is 7.49. The van der Waals surface area contributed by atoms with Crippen LogP contribution in [0.5, 0.6) is 0 Å². The molecule has 3 heteroatoms. The van der Waals surface area contributed by atoms with E-state index in [2.05, 4.69) is 29.4 Å². The van der Waals surface area contributed by atoms with Crippen LogP contribution in [-0.4, -0.2) is 47.7 Å². The zero-order chi connectivity index (χ0) is 6.41. The van der Waals surface area contributed by atoms with E-state index in [0.29, 0.717) is 0 Å². The number of hydrogen-bond acceptors (Lipinski definition) is 0. The maximum atomic E-state index is 3.15. The van der Waals surface area contributed by atoms with Crippen molar-refractivity contribution in [3.8, 4) is 0 Å². The van der Waals surface area contributed by atoms with Crippen LogP contribution in [0, 0.1) is 0 Å². The molecule has 0 unspecified atom stereocenters. The van der Waals surface area contributed by atoms with Gasteiger partial charge < -0.3 is 0 Å². The van der Waals surface area contributed by atoms with Crippen LogP contribution in [0.2, 0.25) is 10.6 Å². The average molecular weight is 307 g/mol. The number of rotatable bonds is 4. The first-order chi connectivity index (χ1) is 3.81. The molecule has 0 spiro atoms. The van der Waals surface area contributed by atoms with Crippen LogP contribution >= 0.6 is 0 Å². The van der Waals surface area contributed by atoms with E-state index in [-0.39, 0.29) is 0 Å². The van der Waals surface area contributed by atoms with E-state index in [1.165, 1.54) is 10.6 Å². The molecule has 0 bridgehead atoms. The maximum absolute atomic E-state index is 3.15. The first-order valence-electron chi connectivity index (χ1n) is 2.60. The summed E-state index contributed by atoms with van der Waals surface area (Å²) in [7, 11) is 0. The summed E-state index contributed by atoms with van der Waals surface area (Å²) >= 11 is 4.78. The van der Waals surface area contributed by atoms with Crippen LogP contribution in [0.15, 0.2) is 0 Å². The Labute approximate surface area is 71.9 Å². The van der Waals surface area contributed by atoms with Crippen molar-refractivity contribution in [3.63, 3.8) is 0 Å². The molecule has 0 atom stereocenters. The molecule has 0 saturated heterocycles. The third kappa shape index (κ3) is 5.56. The Hall–Kier alpha value is 1.43. The summed E-state index contributed by atoms with van der Waals surface area (Å²) in [5, 5.41) is 2.72. The normalized spacial score (nSPS) is 9.25. The van der Waals surface area contributed by atoms with Gasteiger partial charge in [-0.25, -0.2) is 0 Å². The van der Waals surface area contributed by atoms with Crippen molar-refractivity contribution in [1.29, 1.82) is 0 Å². The summed E-state index contributed by atoms with van der Waals surface area (Å²) in [4.78, 5) is 0. The van der Waals surface area contributed by atoms with Crippen LogP contribution < -0.4 is 0 Å². The van der Waals surface area contributed by atoms with E-state index >= 15 is 0 Å². The summed E-state index contributed by atoms with van der Waals surface area (Å²) in [5.74, 6) is 0. The minimum atomic E-state index is 0.815. The fourth-order valence-electron chi connectivity index (χ4n) is 0.277. The van der Waals surface area contributed by atoms with Gasteiger partial charge in [0.1, 0.15) is 0 Å². The predicted octanol–water partition coefficient (Wildman–Crippen LogP) is 0.527. The van der Waals surface area contributed by atoms with Crippen molar-refractivity contribution in [2.45, 2.75) is 24.5 Å². The Kier molecular flexibility index (Phi) is 7.72. The molecular weight excluding hydrogens is 297 g/mol. The van der Waals surface area contributed by atoms with Crippen LogP contribution in [0.4, 0.5) is 0 Å². The van der Waals surface area contributed by atoms with E-state index in [0.717, 1.165) is 29.9 Å².